The molecule has 1 heterocycles. The van der Waals surface area contributed by atoms with Gasteiger partial charge in [0.2, 0.25) is 5.43 Å². The number of aromatic nitrogens is 2. The van der Waals surface area contributed by atoms with Crippen LogP contribution in [-0.2, 0) is 6.18 Å². The zero-order valence-corrected chi connectivity index (χ0v) is 17.8. The maximum absolute atomic E-state index is 13.1. The zero-order chi connectivity index (χ0) is 23.5. The highest BCUT2D eigenvalue weighted by molar-refractivity contribution is 6.03. The Labute approximate surface area is 182 Å². The molecule has 1 aromatic heterocycles. The highest BCUT2D eigenvalue weighted by Gasteiger charge is 2.30. The van der Waals surface area contributed by atoms with Gasteiger partial charge in [-0.25, -0.2) is 4.68 Å². The normalized spacial score (nSPS) is 11.3. The monoisotopic (exact) mass is 445 g/mol. The van der Waals surface area contributed by atoms with Crippen LogP contribution < -0.4 is 15.5 Å². The number of hydrogen-bond donors (Lipinski definition) is 1. The third-order valence-electron chi connectivity index (χ3n) is 4.66. The van der Waals surface area contributed by atoms with Crippen molar-refractivity contribution in [3.63, 3.8) is 0 Å². The highest BCUT2D eigenvalue weighted by atomic mass is 19.4. The molecule has 0 saturated carbocycles. The van der Waals surface area contributed by atoms with Crippen molar-refractivity contribution in [3.8, 4) is 11.4 Å². The molecule has 32 heavy (non-hydrogen) atoms. The number of rotatable bonds is 6. The van der Waals surface area contributed by atoms with Crippen molar-refractivity contribution in [2.24, 2.45) is 0 Å². The molecule has 0 atom stereocenters. The van der Waals surface area contributed by atoms with Gasteiger partial charge in [-0.2, -0.15) is 18.3 Å². The number of carbonyl (C=O) groups is 1. The molecule has 0 saturated heterocycles. The number of ether oxygens (including phenoxy) is 1. The van der Waals surface area contributed by atoms with Crippen molar-refractivity contribution in [3.05, 3.63) is 81.3 Å². The second kappa shape index (κ2) is 9.25. The first-order chi connectivity index (χ1) is 15.1. The number of hydrogen-bond acceptors (Lipinski definition) is 4. The molecule has 1 amide bonds. The molecule has 0 radical (unpaired) electrons. The Hall–Kier alpha value is -3.62. The number of anilines is 1. The quantitative estimate of drug-likeness (QED) is 0.585. The summed E-state index contributed by atoms with van der Waals surface area (Å²) < 4.78 is 45.9. The van der Waals surface area contributed by atoms with Crippen molar-refractivity contribution in [2.45, 2.75) is 33.4 Å². The minimum Gasteiger partial charge on any atom is -0.494 e. The summed E-state index contributed by atoms with van der Waals surface area (Å²) >= 11 is 0. The van der Waals surface area contributed by atoms with Gasteiger partial charge in [-0.3, -0.25) is 9.59 Å². The summed E-state index contributed by atoms with van der Waals surface area (Å²) in [4.78, 5) is 25.2. The number of alkyl halides is 3. The van der Waals surface area contributed by atoms with Crippen LogP contribution in [0, 0.1) is 13.8 Å². The van der Waals surface area contributed by atoms with Gasteiger partial charge in [-0.1, -0.05) is 13.0 Å². The van der Waals surface area contributed by atoms with Gasteiger partial charge in [0.05, 0.1) is 17.9 Å². The van der Waals surface area contributed by atoms with E-state index in [0.29, 0.717) is 23.7 Å². The van der Waals surface area contributed by atoms with Crippen LogP contribution in [0.1, 0.15) is 40.7 Å². The molecule has 0 bridgehead atoms. The number of halogens is 3. The molecule has 0 spiro atoms. The van der Waals surface area contributed by atoms with E-state index in [9.17, 15) is 22.8 Å². The molecular weight excluding hydrogens is 423 g/mol. The Morgan fingerprint density at radius 2 is 1.88 bits per heavy atom. The molecule has 168 valence electrons. The number of amides is 1. The van der Waals surface area contributed by atoms with Gasteiger partial charge in [0.1, 0.15) is 5.75 Å². The van der Waals surface area contributed by atoms with Crippen LogP contribution in [0.25, 0.3) is 5.69 Å². The zero-order valence-electron chi connectivity index (χ0n) is 17.8. The molecule has 3 aromatic rings. The van der Waals surface area contributed by atoms with Crippen LogP contribution >= 0.6 is 0 Å². The van der Waals surface area contributed by atoms with E-state index in [1.165, 1.54) is 19.1 Å². The first kappa shape index (κ1) is 23.1. The van der Waals surface area contributed by atoms with Crippen LogP contribution in [0.15, 0.2) is 53.3 Å². The molecule has 0 aliphatic heterocycles. The topological polar surface area (TPSA) is 73.2 Å². The second-order valence-corrected chi connectivity index (χ2v) is 7.24. The van der Waals surface area contributed by atoms with Gasteiger partial charge in [-0.15, -0.1) is 0 Å². The third-order valence-corrected chi connectivity index (χ3v) is 4.66. The SMILES string of the molecule is CCCOc1ccc(NC(=O)c2nn(-c3cccc(C(F)(F)F)c3)c(C)cc2=O)c(C)c1. The minimum absolute atomic E-state index is 0.0833. The highest BCUT2D eigenvalue weighted by Crippen LogP contribution is 2.30. The Morgan fingerprint density at radius 3 is 2.53 bits per heavy atom. The van der Waals surface area contributed by atoms with E-state index in [1.807, 2.05) is 6.92 Å². The van der Waals surface area contributed by atoms with Gasteiger partial charge in [0, 0.05) is 17.4 Å². The average molecular weight is 445 g/mol. The lowest BCUT2D eigenvalue weighted by molar-refractivity contribution is -0.137. The van der Waals surface area contributed by atoms with E-state index in [-0.39, 0.29) is 5.69 Å². The summed E-state index contributed by atoms with van der Waals surface area (Å²) in [6.07, 6.45) is -3.68. The Morgan fingerprint density at radius 1 is 1.12 bits per heavy atom. The fraction of sp³-hybridized carbons (Fsp3) is 0.261. The van der Waals surface area contributed by atoms with Crippen LogP contribution in [0.2, 0.25) is 0 Å². The standard InChI is InChI=1S/C23H22F3N3O3/c1-4-10-32-18-8-9-19(14(2)11-18)27-22(31)21-20(30)12-15(3)29(28-21)17-7-5-6-16(13-17)23(24,25)26/h5-9,11-13H,4,10H2,1-3H3,(H,27,31). The van der Waals surface area contributed by atoms with E-state index in [4.69, 9.17) is 4.74 Å². The Balaban J connectivity index is 1.93. The van der Waals surface area contributed by atoms with E-state index < -0.39 is 28.8 Å². The van der Waals surface area contributed by atoms with Gasteiger partial charge in [0.15, 0.2) is 5.69 Å². The Bertz CT molecular complexity index is 1200. The van der Waals surface area contributed by atoms with Crippen molar-refractivity contribution in [2.75, 3.05) is 11.9 Å². The van der Waals surface area contributed by atoms with Gasteiger partial charge < -0.3 is 10.1 Å². The minimum atomic E-state index is -4.53. The van der Waals surface area contributed by atoms with E-state index >= 15 is 0 Å². The maximum atomic E-state index is 13.1. The number of carbonyl (C=O) groups excluding carboxylic acids is 1. The molecular formula is C23H22F3N3O3. The van der Waals surface area contributed by atoms with Gasteiger partial charge in [-0.05, 0) is 62.2 Å². The fourth-order valence-corrected chi connectivity index (χ4v) is 3.05. The lowest BCUT2D eigenvalue weighted by atomic mass is 10.1. The predicted molar refractivity (Wildman–Crippen MR) is 114 cm³/mol. The number of benzene rings is 2. The predicted octanol–water partition coefficient (Wildman–Crippen LogP) is 4.91. The summed E-state index contributed by atoms with van der Waals surface area (Å²) in [7, 11) is 0. The molecule has 0 unspecified atom stereocenters. The van der Waals surface area contributed by atoms with E-state index in [2.05, 4.69) is 10.4 Å². The van der Waals surface area contributed by atoms with Gasteiger partial charge in [0.25, 0.3) is 5.91 Å². The molecule has 6 nitrogen and oxygen atoms in total. The molecule has 0 aliphatic carbocycles. The average Bonchev–Trinajstić information content (AvgIpc) is 2.73. The second-order valence-electron chi connectivity index (χ2n) is 7.24. The molecule has 1 N–H and O–H groups in total. The summed E-state index contributed by atoms with van der Waals surface area (Å²) in [5, 5.41) is 6.68. The van der Waals surface area contributed by atoms with Crippen molar-refractivity contribution in [1.82, 2.24) is 9.78 Å². The summed E-state index contributed by atoms with van der Waals surface area (Å²) in [6.45, 7) is 5.85. The first-order valence-corrected chi connectivity index (χ1v) is 9.93. The third kappa shape index (κ3) is 5.16. The molecule has 0 aliphatic rings. The summed E-state index contributed by atoms with van der Waals surface area (Å²) in [6, 6.07) is 10.8. The van der Waals surface area contributed by atoms with Crippen LogP contribution in [0.5, 0.6) is 5.75 Å². The van der Waals surface area contributed by atoms with Gasteiger partial charge >= 0.3 is 6.18 Å². The summed E-state index contributed by atoms with van der Waals surface area (Å²) in [5.41, 5.74) is -0.368. The van der Waals surface area contributed by atoms with Crippen LogP contribution in [0.4, 0.5) is 18.9 Å². The van der Waals surface area contributed by atoms with E-state index in [0.717, 1.165) is 34.9 Å². The van der Waals surface area contributed by atoms with Crippen LogP contribution in [0.3, 0.4) is 0 Å². The molecule has 3 rings (SSSR count). The van der Waals surface area contributed by atoms with Crippen LogP contribution in [-0.4, -0.2) is 22.3 Å². The lowest BCUT2D eigenvalue weighted by Crippen LogP contribution is -2.27. The first-order valence-electron chi connectivity index (χ1n) is 9.93. The summed E-state index contributed by atoms with van der Waals surface area (Å²) in [5.74, 6) is -0.108. The number of aryl methyl sites for hydroxylation is 2. The smallest absolute Gasteiger partial charge is 0.416 e. The lowest BCUT2D eigenvalue weighted by Gasteiger charge is -2.14. The number of nitrogens with zero attached hydrogens (tertiary/aromatic N) is 2. The largest absolute Gasteiger partial charge is 0.494 e. The fourth-order valence-electron chi connectivity index (χ4n) is 3.05. The van der Waals surface area contributed by atoms with Crippen molar-refractivity contribution >= 4 is 11.6 Å². The maximum Gasteiger partial charge on any atom is 0.416 e. The molecule has 2 aromatic carbocycles. The van der Waals surface area contributed by atoms with Crippen molar-refractivity contribution in [1.29, 1.82) is 0 Å². The van der Waals surface area contributed by atoms with E-state index in [1.54, 1.807) is 25.1 Å². The number of nitrogens with one attached hydrogen (secondary N) is 1. The molecule has 0 fully saturated rings. The van der Waals surface area contributed by atoms with Crippen molar-refractivity contribution < 1.29 is 22.7 Å². The Kier molecular flexibility index (Phi) is 6.67. The molecule has 9 heteroatoms.